The minimum absolute atomic E-state index is 0.157. The summed E-state index contributed by atoms with van der Waals surface area (Å²) in [7, 11) is -3.63. The molecule has 0 aromatic heterocycles. The van der Waals surface area contributed by atoms with Gasteiger partial charge in [-0.2, -0.15) is 0 Å². The highest BCUT2D eigenvalue weighted by Crippen LogP contribution is 2.20. The van der Waals surface area contributed by atoms with Gasteiger partial charge in [-0.25, -0.2) is 13.1 Å². The fourth-order valence-electron chi connectivity index (χ4n) is 1.46. The summed E-state index contributed by atoms with van der Waals surface area (Å²) in [6.07, 6.45) is 0.525. The second-order valence-corrected chi connectivity index (χ2v) is 5.56. The Morgan fingerprint density at radius 1 is 1.47 bits per heavy atom. The third kappa shape index (κ3) is 3.18. The van der Waals surface area contributed by atoms with Crippen LogP contribution in [0.5, 0.6) is 0 Å². The van der Waals surface area contributed by atoms with Gasteiger partial charge in [0.05, 0.1) is 11.5 Å². The van der Waals surface area contributed by atoms with Crippen LogP contribution >= 0.6 is 0 Å². The van der Waals surface area contributed by atoms with Gasteiger partial charge in [0.15, 0.2) is 0 Å². The number of hydrogen-bond acceptors (Lipinski definition) is 4. The first-order valence-corrected chi connectivity index (χ1v) is 6.89. The molecule has 0 aliphatic heterocycles. The number of sulfonamides is 1. The molecule has 96 valence electrons. The number of benzene rings is 1. The Morgan fingerprint density at radius 3 is 2.65 bits per heavy atom. The van der Waals surface area contributed by atoms with Gasteiger partial charge in [0, 0.05) is 11.7 Å². The zero-order valence-electron chi connectivity index (χ0n) is 9.97. The maximum Gasteiger partial charge on any atom is 0.241 e. The van der Waals surface area contributed by atoms with Gasteiger partial charge in [0.1, 0.15) is 0 Å². The molecule has 17 heavy (non-hydrogen) atoms. The van der Waals surface area contributed by atoms with Crippen molar-refractivity contribution >= 4 is 15.7 Å². The summed E-state index contributed by atoms with van der Waals surface area (Å²) in [5.41, 5.74) is 6.63. The van der Waals surface area contributed by atoms with E-state index in [1.54, 1.807) is 26.0 Å². The molecular weight excluding hydrogens is 240 g/mol. The lowest BCUT2D eigenvalue weighted by Gasteiger charge is -2.16. The number of aliphatic hydroxyl groups excluding tert-OH is 1. The first-order chi connectivity index (χ1) is 7.92. The summed E-state index contributed by atoms with van der Waals surface area (Å²) in [4.78, 5) is 0.157. The van der Waals surface area contributed by atoms with E-state index in [-0.39, 0.29) is 11.5 Å². The van der Waals surface area contributed by atoms with Crippen molar-refractivity contribution < 1.29 is 13.5 Å². The van der Waals surface area contributed by atoms with E-state index < -0.39 is 16.1 Å². The summed E-state index contributed by atoms with van der Waals surface area (Å²) < 4.78 is 26.6. The Bertz CT molecular complexity index is 481. The molecule has 0 spiro atoms. The lowest BCUT2D eigenvalue weighted by atomic mass is 10.2. The number of nitrogens with one attached hydrogen (secondary N) is 1. The molecule has 1 aromatic rings. The van der Waals surface area contributed by atoms with Crippen molar-refractivity contribution in [2.45, 2.75) is 31.2 Å². The lowest BCUT2D eigenvalue weighted by molar-refractivity contribution is 0.254. The van der Waals surface area contributed by atoms with Crippen LogP contribution in [0, 0.1) is 6.92 Å². The Balaban J connectivity index is 3.09. The summed E-state index contributed by atoms with van der Waals surface area (Å²) in [6.45, 7) is 3.23. The van der Waals surface area contributed by atoms with Crippen LogP contribution in [0.25, 0.3) is 0 Å². The number of nitrogens with two attached hydrogens (primary N) is 1. The van der Waals surface area contributed by atoms with Crippen molar-refractivity contribution in [3.05, 3.63) is 23.8 Å². The third-order valence-corrected chi connectivity index (χ3v) is 4.32. The summed E-state index contributed by atoms with van der Waals surface area (Å²) >= 11 is 0. The van der Waals surface area contributed by atoms with Gasteiger partial charge in [-0.1, -0.05) is 13.0 Å². The van der Waals surface area contributed by atoms with Gasteiger partial charge in [0.2, 0.25) is 10.0 Å². The molecule has 5 nitrogen and oxygen atoms in total. The van der Waals surface area contributed by atoms with Gasteiger partial charge in [-0.15, -0.1) is 0 Å². The fraction of sp³-hybridized carbons (Fsp3) is 0.455. The minimum Gasteiger partial charge on any atom is -0.398 e. The minimum atomic E-state index is -3.63. The van der Waals surface area contributed by atoms with Crippen molar-refractivity contribution in [2.75, 3.05) is 12.3 Å². The van der Waals surface area contributed by atoms with Crippen LogP contribution in [0.3, 0.4) is 0 Å². The van der Waals surface area contributed by atoms with E-state index in [0.29, 0.717) is 17.7 Å². The average molecular weight is 258 g/mol. The van der Waals surface area contributed by atoms with Crippen LogP contribution in [0.2, 0.25) is 0 Å². The first kappa shape index (κ1) is 14.0. The molecule has 1 rings (SSSR count). The second kappa shape index (κ2) is 5.48. The molecule has 4 N–H and O–H groups in total. The number of hydrogen-bond donors (Lipinski definition) is 3. The number of anilines is 1. The molecular formula is C11H18N2O3S. The molecule has 0 aliphatic rings. The third-order valence-electron chi connectivity index (χ3n) is 2.65. The predicted molar refractivity (Wildman–Crippen MR) is 67.1 cm³/mol. The maximum atomic E-state index is 12.1. The highest BCUT2D eigenvalue weighted by molar-refractivity contribution is 7.89. The summed E-state index contributed by atoms with van der Waals surface area (Å²) in [6, 6.07) is 4.27. The Morgan fingerprint density at radius 2 is 2.12 bits per heavy atom. The zero-order chi connectivity index (χ0) is 13.1. The van der Waals surface area contributed by atoms with Crippen LogP contribution in [-0.2, 0) is 10.0 Å². The molecule has 1 atom stereocenters. The molecule has 0 saturated carbocycles. The molecule has 0 aliphatic carbocycles. The van der Waals surface area contributed by atoms with Crippen LogP contribution in [0.1, 0.15) is 18.9 Å². The average Bonchev–Trinajstić information content (AvgIpc) is 2.29. The van der Waals surface area contributed by atoms with Crippen LogP contribution in [0.15, 0.2) is 23.1 Å². The molecule has 0 fully saturated rings. The van der Waals surface area contributed by atoms with E-state index in [4.69, 9.17) is 10.8 Å². The maximum absolute atomic E-state index is 12.1. The molecule has 0 amide bonds. The Kier molecular flexibility index (Phi) is 4.50. The lowest BCUT2D eigenvalue weighted by Crippen LogP contribution is -2.37. The van der Waals surface area contributed by atoms with Gasteiger partial charge in [-0.3, -0.25) is 0 Å². The van der Waals surface area contributed by atoms with E-state index >= 15 is 0 Å². The smallest absolute Gasteiger partial charge is 0.241 e. The summed E-state index contributed by atoms with van der Waals surface area (Å²) in [5.74, 6) is 0. The van der Waals surface area contributed by atoms with Crippen molar-refractivity contribution in [1.29, 1.82) is 0 Å². The number of rotatable bonds is 5. The van der Waals surface area contributed by atoms with Crippen molar-refractivity contribution in [1.82, 2.24) is 4.72 Å². The highest BCUT2D eigenvalue weighted by atomic mass is 32.2. The fourth-order valence-corrected chi connectivity index (χ4v) is 3.04. The van der Waals surface area contributed by atoms with Crippen molar-refractivity contribution in [2.24, 2.45) is 0 Å². The molecule has 1 aromatic carbocycles. The van der Waals surface area contributed by atoms with E-state index in [1.807, 2.05) is 0 Å². The Labute approximate surface area is 102 Å². The van der Waals surface area contributed by atoms with E-state index in [1.165, 1.54) is 6.07 Å². The standard InChI is InChI=1S/C11H18N2O3S/c1-3-9(7-14)13-17(15,16)11-6-4-5-10(12)8(11)2/h4-6,9,13-14H,3,7,12H2,1-2H3/t9-/m0/s1. The number of nitrogen functional groups attached to an aromatic ring is 1. The van der Waals surface area contributed by atoms with E-state index in [9.17, 15) is 8.42 Å². The van der Waals surface area contributed by atoms with Crippen molar-refractivity contribution in [3.8, 4) is 0 Å². The van der Waals surface area contributed by atoms with Crippen LogP contribution in [0.4, 0.5) is 5.69 Å². The molecule has 0 heterocycles. The van der Waals surface area contributed by atoms with Gasteiger partial charge in [-0.05, 0) is 31.0 Å². The van der Waals surface area contributed by atoms with Crippen LogP contribution in [-0.4, -0.2) is 26.2 Å². The quantitative estimate of drug-likeness (QED) is 0.675. The molecule has 0 saturated heterocycles. The van der Waals surface area contributed by atoms with Gasteiger partial charge >= 0.3 is 0 Å². The highest BCUT2D eigenvalue weighted by Gasteiger charge is 2.20. The van der Waals surface area contributed by atoms with Crippen LogP contribution < -0.4 is 10.5 Å². The van der Waals surface area contributed by atoms with E-state index in [0.717, 1.165) is 0 Å². The molecule has 0 radical (unpaired) electrons. The monoisotopic (exact) mass is 258 g/mol. The predicted octanol–water partition coefficient (Wildman–Crippen LogP) is 0.626. The largest absolute Gasteiger partial charge is 0.398 e. The van der Waals surface area contributed by atoms with E-state index in [2.05, 4.69) is 4.72 Å². The molecule has 6 heteroatoms. The van der Waals surface area contributed by atoms with Gasteiger partial charge < -0.3 is 10.8 Å². The SMILES string of the molecule is CC[C@@H](CO)NS(=O)(=O)c1cccc(N)c1C. The molecule has 0 bridgehead atoms. The zero-order valence-corrected chi connectivity index (χ0v) is 10.8. The normalized spacial score (nSPS) is 13.6. The Hall–Kier alpha value is -1.11. The molecule has 0 unspecified atom stereocenters. The van der Waals surface area contributed by atoms with Crippen molar-refractivity contribution in [3.63, 3.8) is 0 Å². The van der Waals surface area contributed by atoms with Gasteiger partial charge in [0.25, 0.3) is 0 Å². The second-order valence-electron chi connectivity index (χ2n) is 3.88. The topological polar surface area (TPSA) is 92.4 Å². The number of aliphatic hydroxyl groups is 1. The first-order valence-electron chi connectivity index (χ1n) is 5.40. The summed E-state index contributed by atoms with van der Waals surface area (Å²) in [5, 5.41) is 9.01.